The van der Waals surface area contributed by atoms with E-state index in [1.807, 2.05) is 19.1 Å². The zero-order valence-electron chi connectivity index (χ0n) is 11.2. The lowest BCUT2D eigenvalue weighted by Crippen LogP contribution is -2.30. The molecule has 0 saturated heterocycles. The van der Waals surface area contributed by atoms with Crippen molar-refractivity contribution in [3.63, 3.8) is 0 Å². The van der Waals surface area contributed by atoms with E-state index in [4.69, 9.17) is 5.11 Å². The van der Waals surface area contributed by atoms with Crippen LogP contribution in [0.5, 0.6) is 5.75 Å². The van der Waals surface area contributed by atoms with Crippen LogP contribution in [0.3, 0.4) is 0 Å². The molecule has 3 N–H and O–H groups in total. The minimum absolute atomic E-state index is 0.113. The van der Waals surface area contributed by atoms with Crippen molar-refractivity contribution < 1.29 is 15.0 Å². The second kappa shape index (κ2) is 6.06. The molecule has 4 nitrogen and oxygen atoms in total. The Morgan fingerprint density at radius 1 is 1.47 bits per heavy atom. The second-order valence-corrected chi connectivity index (χ2v) is 5.36. The van der Waals surface area contributed by atoms with Gasteiger partial charge in [-0.25, -0.2) is 0 Å². The van der Waals surface area contributed by atoms with Gasteiger partial charge in [0.05, 0.1) is 5.92 Å². The first kappa shape index (κ1) is 13.9. The Morgan fingerprint density at radius 2 is 2.26 bits per heavy atom. The molecule has 3 unspecified atom stereocenters. The Kier molecular flexibility index (Phi) is 4.43. The minimum atomic E-state index is -0.672. The number of aromatic hydroxyl groups is 1. The maximum Gasteiger partial charge on any atom is 0.306 e. The molecule has 1 aromatic rings. The van der Waals surface area contributed by atoms with Gasteiger partial charge in [-0.3, -0.25) is 4.79 Å². The summed E-state index contributed by atoms with van der Waals surface area (Å²) < 4.78 is 0. The molecule has 0 radical (unpaired) electrons. The summed E-state index contributed by atoms with van der Waals surface area (Å²) in [7, 11) is 0. The van der Waals surface area contributed by atoms with Crippen LogP contribution in [-0.4, -0.2) is 22.7 Å². The highest BCUT2D eigenvalue weighted by Crippen LogP contribution is 2.32. The molecule has 1 aromatic carbocycles. The Bertz CT molecular complexity index is 447. The lowest BCUT2D eigenvalue weighted by molar-refractivity contribution is -0.142. The number of carboxylic acids is 1. The first-order valence-electron chi connectivity index (χ1n) is 6.83. The third kappa shape index (κ3) is 3.47. The molecule has 4 heteroatoms. The van der Waals surface area contributed by atoms with Gasteiger partial charge >= 0.3 is 5.97 Å². The van der Waals surface area contributed by atoms with Crippen LogP contribution in [0.25, 0.3) is 0 Å². The van der Waals surface area contributed by atoms with Gasteiger partial charge in [0.2, 0.25) is 0 Å². The lowest BCUT2D eigenvalue weighted by atomic mass is 9.95. The third-order valence-corrected chi connectivity index (χ3v) is 4.03. The molecule has 0 spiro atoms. The summed E-state index contributed by atoms with van der Waals surface area (Å²) in [5, 5.41) is 22.0. The van der Waals surface area contributed by atoms with Gasteiger partial charge in [0, 0.05) is 6.04 Å². The molecule has 2 rings (SSSR count). The number of carboxylic acid groups (broad SMARTS) is 1. The number of phenolic OH excluding ortho intramolecular Hbond substituents is 1. The molecular weight excluding hydrogens is 242 g/mol. The number of benzene rings is 1. The van der Waals surface area contributed by atoms with Crippen molar-refractivity contribution in [3.8, 4) is 5.75 Å². The molecule has 1 fully saturated rings. The van der Waals surface area contributed by atoms with Gasteiger partial charge in [0.1, 0.15) is 5.75 Å². The van der Waals surface area contributed by atoms with E-state index in [9.17, 15) is 9.90 Å². The molecule has 0 heterocycles. The van der Waals surface area contributed by atoms with Crippen LogP contribution >= 0.6 is 0 Å². The van der Waals surface area contributed by atoms with Gasteiger partial charge in [0.25, 0.3) is 0 Å². The molecule has 0 aromatic heterocycles. The van der Waals surface area contributed by atoms with Crippen LogP contribution in [0.1, 0.15) is 37.8 Å². The summed E-state index contributed by atoms with van der Waals surface area (Å²) in [6.45, 7) is 2.74. The van der Waals surface area contributed by atoms with E-state index in [-0.39, 0.29) is 23.6 Å². The number of nitrogens with one attached hydrogen (secondary N) is 1. The van der Waals surface area contributed by atoms with E-state index in [1.54, 1.807) is 12.1 Å². The quantitative estimate of drug-likeness (QED) is 0.763. The highest BCUT2D eigenvalue weighted by molar-refractivity contribution is 5.70. The number of aliphatic carboxylic acids is 1. The predicted octanol–water partition coefficient (Wildman–Crippen LogP) is 2.54. The number of hydrogen-bond acceptors (Lipinski definition) is 3. The fraction of sp³-hybridized carbons (Fsp3) is 0.533. The summed E-state index contributed by atoms with van der Waals surface area (Å²) in [5.41, 5.74) is 1.02. The van der Waals surface area contributed by atoms with E-state index in [0.29, 0.717) is 6.54 Å². The average molecular weight is 263 g/mol. The maximum atomic E-state index is 11.1. The van der Waals surface area contributed by atoms with E-state index < -0.39 is 5.97 Å². The molecular formula is C15H21NO3. The van der Waals surface area contributed by atoms with Crippen LogP contribution in [0.15, 0.2) is 24.3 Å². The second-order valence-electron chi connectivity index (χ2n) is 5.36. The largest absolute Gasteiger partial charge is 0.508 e. The molecule has 1 aliphatic carbocycles. The zero-order chi connectivity index (χ0) is 13.8. The summed E-state index contributed by atoms with van der Waals surface area (Å²) in [4.78, 5) is 11.1. The molecule has 0 bridgehead atoms. The van der Waals surface area contributed by atoms with Crippen LogP contribution in [0.2, 0.25) is 0 Å². The molecule has 0 amide bonds. The van der Waals surface area contributed by atoms with Gasteiger partial charge in [-0.15, -0.1) is 0 Å². The summed E-state index contributed by atoms with van der Waals surface area (Å²) in [5.74, 6) is -0.397. The molecule has 104 valence electrons. The standard InChI is InChI=1S/C15H21NO3/c1-10(11-4-2-6-13(17)8-11)16-9-12-5-3-7-14(12)15(18)19/h2,4,6,8,10,12,14,16-17H,3,5,7,9H2,1H3,(H,18,19). The zero-order valence-corrected chi connectivity index (χ0v) is 11.2. The van der Waals surface area contributed by atoms with Crippen molar-refractivity contribution in [1.82, 2.24) is 5.32 Å². The summed E-state index contributed by atoms with van der Waals surface area (Å²) >= 11 is 0. The lowest BCUT2D eigenvalue weighted by Gasteiger charge is -2.20. The van der Waals surface area contributed by atoms with Gasteiger partial charge in [-0.05, 0) is 49.9 Å². The van der Waals surface area contributed by atoms with E-state index >= 15 is 0 Å². The van der Waals surface area contributed by atoms with E-state index in [2.05, 4.69) is 5.32 Å². The van der Waals surface area contributed by atoms with Gasteiger partial charge in [-0.2, -0.15) is 0 Å². The van der Waals surface area contributed by atoms with E-state index in [0.717, 1.165) is 24.8 Å². The first-order valence-corrected chi connectivity index (χ1v) is 6.83. The Morgan fingerprint density at radius 3 is 2.95 bits per heavy atom. The average Bonchev–Trinajstić information content (AvgIpc) is 2.84. The van der Waals surface area contributed by atoms with Crippen molar-refractivity contribution in [1.29, 1.82) is 0 Å². The number of hydrogen-bond donors (Lipinski definition) is 3. The van der Waals surface area contributed by atoms with Crippen LogP contribution in [0.4, 0.5) is 0 Å². The summed E-state index contributed by atoms with van der Waals surface area (Å²) in [6, 6.07) is 7.27. The van der Waals surface area contributed by atoms with Crippen LogP contribution in [0, 0.1) is 11.8 Å². The predicted molar refractivity (Wildman–Crippen MR) is 73.0 cm³/mol. The number of carbonyl (C=O) groups is 1. The SMILES string of the molecule is CC(NCC1CCCC1C(=O)O)c1cccc(O)c1. The number of rotatable bonds is 5. The van der Waals surface area contributed by atoms with Gasteiger partial charge in [-0.1, -0.05) is 18.6 Å². The van der Waals surface area contributed by atoms with Crippen molar-refractivity contribution in [2.75, 3.05) is 6.54 Å². The Balaban J connectivity index is 1.90. The highest BCUT2D eigenvalue weighted by atomic mass is 16.4. The third-order valence-electron chi connectivity index (χ3n) is 4.03. The molecule has 1 aliphatic rings. The van der Waals surface area contributed by atoms with Crippen molar-refractivity contribution >= 4 is 5.97 Å². The monoisotopic (exact) mass is 263 g/mol. The first-order chi connectivity index (χ1) is 9.08. The van der Waals surface area contributed by atoms with Crippen LogP contribution in [-0.2, 0) is 4.79 Å². The van der Waals surface area contributed by atoms with Gasteiger partial charge < -0.3 is 15.5 Å². The van der Waals surface area contributed by atoms with E-state index in [1.165, 1.54) is 0 Å². The Labute approximate surface area is 113 Å². The molecule has 0 aliphatic heterocycles. The molecule has 3 atom stereocenters. The summed E-state index contributed by atoms with van der Waals surface area (Å²) in [6.07, 6.45) is 2.78. The molecule has 1 saturated carbocycles. The fourth-order valence-electron chi connectivity index (χ4n) is 2.85. The topological polar surface area (TPSA) is 69.6 Å². The van der Waals surface area contributed by atoms with Crippen LogP contribution < -0.4 is 5.32 Å². The van der Waals surface area contributed by atoms with Crippen molar-refractivity contribution in [2.45, 2.75) is 32.2 Å². The van der Waals surface area contributed by atoms with Crippen molar-refractivity contribution in [2.24, 2.45) is 11.8 Å². The Hall–Kier alpha value is -1.55. The number of phenols is 1. The van der Waals surface area contributed by atoms with Crippen molar-refractivity contribution in [3.05, 3.63) is 29.8 Å². The highest BCUT2D eigenvalue weighted by Gasteiger charge is 2.32. The normalized spacial score (nSPS) is 24.3. The smallest absolute Gasteiger partial charge is 0.306 e. The molecule has 19 heavy (non-hydrogen) atoms. The fourth-order valence-corrected chi connectivity index (χ4v) is 2.85. The maximum absolute atomic E-state index is 11.1. The van der Waals surface area contributed by atoms with Gasteiger partial charge in [0.15, 0.2) is 0 Å². The minimum Gasteiger partial charge on any atom is -0.508 e.